The molecule has 0 atom stereocenters. The third-order valence-corrected chi connectivity index (χ3v) is 6.34. The number of sulfone groups is 1. The Hall–Kier alpha value is -1.18. The van der Waals surface area contributed by atoms with Gasteiger partial charge in [0.15, 0.2) is 0 Å². The minimum absolute atomic E-state index is 0.132. The van der Waals surface area contributed by atoms with E-state index in [1.165, 1.54) is 0 Å². The number of nitrogens with two attached hydrogens (primary N) is 1. The maximum absolute atomic E-state index is 12.2. The van der Waals surface area contributed by atoms with Gasteiger partial charge >= 0.3 is 0 Å². The summed E-state index contributed by atoms with van der Waals surface area (Å²) in [6.45, 7) is 1.96. The fourth-order valence-corrected chi connectivity index (χ4v) is 4.61. The molecule has 0 radical (unpaired) electrons. The summed E-state index contributed by atoms with van der Waals surface area (Å²) in [5, 5.41) is 0. The predicted octanol–water partition coefficient (Wildman–Crippen LogP) is 3.10. The van der Waals surface area contributed by atoms with Crippen LogP contribution in [0, 0.1) is 0 Å². The SMILES string of the molecule is CCCCS(=O)(=O)c1nc2ccc(N=C(N)CCl)cc2s1. The minimum atomic E-state index is -3.30. The largest absolute Gasteiger partial charge is 0.386 e. The first-order valence-corrected chi connectivity index (χ1v) is 9.49. The molecule has 114 valence electrons. The zero-order chi connectivity index (χ0) is 15.5. The standard InChI is InChI=1S/C13H16ClN3O2S2/c1-2-3-6-21(18,19)13-17-10-5-4-9(7-11(10)20-13)16-12(15)8-14/h4-5,7H,2-3,6,8H2,1H3,(H2,15,16). The summed E-state index contributed by atoms with van der Waals surface area (Å²) >= 11 is 6.75. The molecular weight excluding hydrogens is 330 g/mol. The van der Waals surface area contributed by atoms with Gasteiger partial charge in [0.05, 0.1) is 27.5 Å². The lowest BCUT2D eigenvalue weighted by Gasteiger charge is -1.97. The molecule has 0 fully saturated rings. The number of amidine groups is 1. The average Bonchev–Trinajstić information content (AvgIpc) is 2.89. The lowest BCUT2D eigenvalue weighted by atomic mass is 10.3. The molecule has 0 saturated heterocycles. The Morgan fingerprint density at radius 3 is 2.90 bits per heavy atom. The first kappa shape index (κ1) is 16.2. The fourth-order valence-electron chi connectivity index (χ4n) is 1.71. The van der Waals surface area contributed by atoms with E-state index in [9.17, 15) is 8.42 Å². The summed E-state index contributed by atoms with van der Waals surface area (Å²) < 4.78 is 25.2. The van der Waals surface area contributed by atoms with E-state index in [0.29, 0.717) is 23.5 Å². The molecule has 0 saturated carbocycles. The third kappa shape index (κ3) is 3.93. The number of nitrogens with zero attached hydrogens (tertiary/aromatic N) is 2. The van der Waals surface area contributed by atoms with Gasteiger partial charge < -0.3 is 5.73 Å². The molecule has 1 heterocycles. The molecule has 1 aromatic heterocycles. The highest BCUT2D eigenvalue weighted by atomic mass is 35.5. The smallest absolute Gasteiger partial charge is 0.210 e. The highest BCUT2D eigenvalue weighted by molar-refractivity contribution is 7.93. The molecule has 5 nitrogen and oxygen atoms in total. The van der Waals surface area contributed by atoms with Crippen molar-refractivity contribution in [2.45, 2.75) is 24.1 Å². The maximum Gasteiger partial charge on any atom is 0.210 e. The number of aliphatic imine (C=N–C) groups is 1. The van der Waals surface area contributed by atoms with Gasteiger partial charge in [-0.3, -0.25) is 0 Å². The summed E-state index contributed by atoms with van der Waals surface area (Å²) in [6.07, 6.45) is 1.47. The van der Waals surface area contributed by atoms with Crippen molar-refractivity contribution in [2.75, 3.05) is 11.6 Å². The summed E-state index contributed by atoms with van der Waals surface area (Å²) in [5.41, 5.74) is 6.88. The van der Waals surface area contributed by atoms with Crippen LogP contribution in [0.1, 0.15) is 19.8 Å². The van der Waals surface area contributed by atoms with Crippen molar-refractivity contribution >= 4 is 54.5 Å². The number of hydrogen-bond donors (Lipinski definition) is 1. The lowest BCUT2D eigenvalue weighted by molar-refractivity contribution is 0.592. The molecule has 0 aliphatic rings. The van der Waals surface area contributed by atoms with Gasteiger partial charge in [-0.25, -0.2) is 18.4 Å². The number of rotatable bonds is 6. The monoisotopic (exact) mass is 345 g/mol. The number of thiazole rings is 1. The number of halogens is 1. The van der Waals surface area contributed by atoms with Crippen molar-refractivity contribution in [3.63, 3.8) is 0 Å². The molecule has 0 unspecified atom stereocenters. The molecule has 0 spiro atoms. The van der Waals surface area contributed by atoms with Crippen LogP contribution >= 0.6 is 22.9 Å². The number of hydrogen-bond acceptors (Lipinski definition) is 5. The number of alkyl halides is 1. The number of aromatic nitrogens is 1. The van der Waals surface area contributed by atoms with Crippen LogP contribution in [0.2, 0.25) is 0 Å². The zero-order valence-electron chi connectivity index (χ0n) is 11.5. The van der Waals surface area contributed by atoms with Crippen LogP contribution in [0.4, 0.5) is 5.69 Å². The van der Waals surface area contributed by atoms with Gasteiger partial charge in [0, 0.05) is 0 Å². The summed E-state index contributed by atoms with van der Waals surface area (Å²) in [6, 6.07) is 5.25. The number of benzene rings is 1. The van der Waals surface area contributed by atoms with Gasteiger partial charge in [-0.05, 0) is 24.6 Å². The van der Waals surface area contributed by atoms with Crippen molar-refractivity contribution in [1.29, 1.82) is 0 Å². The Balaban J connectivity index is 2.38. The first-order valence-electron chi connectivity index (χ1n) is 6.48. The second kappa shape index (κ2) is 6.72. The predicted molar refractivity (Wildman–Crippen MR) is 88.6 cm³/mol. The highest BCUT2D eigenvalue weighted by Gasteiger charge is 2.19. The molecule has 0 amide bonds. The highest BCUT2D eigenvalue weighted by Crippen LogP contribution is 2.29. The van der Waals surface area contributed by atoms with E-state index in [1.54, 1.807) is 18.2 Å². The maximum atomic E-state index is 12.2. The van der Waals surface area contributed by atoms with Gasteiger partial charge in [-0.1, -0.05) is 13.3 Å². The molecule has 1 aromatic carbocycles. The Bertz CT molecular complexity index is 769. The van der Waals surface area contributed by atoms with Crippen molar-refractivity contribution in [3.05, 3.63) is 18.2 Å². The Morgan fingerprint density at radius 1 is 1.48 bits per heavy atom. The van der Waals surface area contributed by atoms with Crippen molar-refractivity contribution < 1.29 is 8.42 Å². The van der Waals surface area contributed by atoms with Gasteiger partial charge in [0.2, 0.25) is 14.2 Å². The number of unbranched alkanes of at least 4 members (excludes halogenated alkanes) is 1. The van der Waals surface area contributed by atoms with Crippen LogP contribution < -0.4 is 5.73 Å². The Morgan fingerprint density at radius 2 is 2.24 bits per heavy atom. The van der Waals surface area contributed by atoms with E-state index >= 15 is 0 Å². The van der Waals surface area contributed by atoms with E-state index in [4.69, 9.17) is 17.3 Å². The van der Waals surface area contributed by atoms with E-state index in [1.807, 2.05) is 6.92 Å². The minimum Gasteiger partial charge on any atom is -0.386 e. The third-order valence-electron chi connectivity index (χ3n) is 2.79. The molecule has 0 aliphatic carbocycles. The quantitative estimate of drug-likeness (QED) is 0.495. The zero-order valence-corrected chi connectivity index (χ0v) is 13.9. The van der Waals surface area contributed by atoms with Crippen LogP contribution in [0.25, 0.3) is 10.2 Å². The molecule has 8 heteroatoms. The number of fused-ring (bicyclic) bond motifs is 1. The van der Waals surface area contributed by atoms with E-state index in [0.717, 1.165) is 22.5 Å². The van der Waals surface area contributed by atoms with Crippen LogP contribution in [-0.4, -0.2) is 30.9 Å². The molecule has 21 heavy (non-hydrogen) atoms. The van der Waals surface area contributed by atoms with Gasteiger partial charge in [0.1, 0.15) is 5.84 Å². The van der Waals surface area contributed by atoms with E-state index in [2.05, 4.69) is 9.98 Å². The summed E-state index contributed by atoms with van der Waals surface area (Å²) in [4.78, 5) is 8.34. The normalized spacial score (nSPS) is 13.0. The van der Waals surface area contributed by atoms with Crippen LogP contribution in [0.3, 0.4) is 0 Å². The summed E-state index contributed by atoms with van der Waals surface area (Å²) in [7, 11) is -3.30. The van der Waals surface area contributed by atoms with Crippen molar-refractivity contribution in [2.24, 2.45) is 10.7 Å². The van der Waals surface area contributed by atoms with Crippen LogP contribution in [0.15, 0.2) is 27.5 Å². The topological polar surface area (TPSA) is 85.4 Å². The fraction of sp³-hybridized carbons (Fsp3) is 0.385. The molecule has 2 rings (SSSR count). The summed E-state index contributed by atoms with van der Waals surface area (Å²) in [5.74, 6) is 0.599. The molecule has 2 N–H and O–H groups in total. The molecule has 0 aliphatic heterocycles. The molecule has 0 bridgehead atoms. The molecular formula is C13H16ClN3O2S2. The van der Waals surface area contributed by atoms with Gasteiger partial charge in [0.25, 0.3) is 0 Å². The lowest BCUT2D eigenvalue weighted by Crippen LogP contribution is -2.12. The van der Waals surface area contributed by atoms with Crippen LogP contribution in [0.5, 0.6) is 0 Å². The second-order valence-electron chi connectivity index (χ2n) is 4.54. The molecule has 2 aromatic rings. The Kier molecular flexibility index (Phi) is 5.18. The van der Waals surface area contributed by atoms with Gasteiger partial charge in [-0.2, -0.15) is 0 Å². The van der Waals surface area contributed by atoms with Gasteiger partial charge in [-0.15, -0.1) is 22.9 Å². The van der Waals surface area contributed by atoms with Crippen molar-refractivity contribution in [1.82, 2.24) is 4.98 Å². The average molecular weight is 346 g/mol. The van der Waals surface area contributed by atoms with E-state index < -0.39 is 9.84 Å². The second-order valence-corrected chi connectivity index (χ2v) is 8.12. The van der Waals surface area contributed by atoms with Crippen LogP contribution in [-0.2, 0) is 9.84 Å². The van der Waals surface area contributed by atoms with Crippen molar-refractivity contribution in [3.8, 4) is 0 Å². The Labute approximate surface area is 132 Å². The first-order chi connectivity index (χ1) is 9.96. The van der Waals surface area contributed by atoms with E-state index in [-0.39, 0.29) is 16.0 Å².